The van der Waals surface area contributed by atoms with Crippen molar-refractivity contribution >= 4 is 0 Å². The maximum absolute atomic E-state index is 13.0. The molecule has 2 rings (SSSR count). The Bertz CT molecular complexity index is 505. The second kappa shape index (κ2) is 6.86. The molecule has 1 nitrogen and oxygen atoms in total. The van der Waals surface area contributed by atoms with E-state index in [0.717, 1.165) is 18.5 Å². The van der Waals surface area contributed by atoms with Gasteiger partial charge in [0, 0.05) is 0 Å². The van der Waals surface area contributed by atoms with E-state index in [9.17, 15) is 4.39 Å². The fourth-order valence-electron chi connectivity index (χ4n) is 2.06. The number of benzene rings is 2. The van der Waals surface area contributed by atoms with E-state index in [4.69, 9.17) is 0 Å². The number of hydrogen-bond acceptors (Lipinski definition) is 1. The third-order valence-corrected chi connectivity index (χ3v) is 3.03. The fourth-order valence-corrected chi connectivity index (χ4v) is 2.06. The molecule has 0 aliphatic heterocycles. The van der Waals surface area contributed by atoms with Gasteiger partial charge in [-0.15, -0.1) is 6.58 Å². The van der Waals surface area contributed by atoms with E-state index in [1.807, 2.05) is 36.4 Å². The summed E-state index contributed by atoms with van der Waals surface area (Å²) in [4.78, 5) is 0. The monoisotopic (exact) mass is 255 g/mol. The fraction of sp³-hybridized carbons (Fsp3) is 0.176. The standard InChI is InChI=1S/C17H18FN/c1-2-3-13-19-17(14-7-5-4-6-8-14)15-9-11-16(18)12-10-15/h2,4-12,17,19H,1,3,13H2. The molecule has 0 aliphatic rings. The Kier molecular flexibility index (Phi) is 4.87. The zero-order valence-electron chi connectivity index (χ0n) is 10.9. The SMILES string of the molecule is C=CCCNC(c1ccccc1)c1ccc(F)cc1. The van der Waals surface area contributed by atoms with Crippen LogP contribution in [0.25, 0.3) is 0 Å². The van der Waals surface area contributed by atoms with Gasteiger partial charge < -0.3 is 5.32 Å². The van der Waals surface area contributed by atoms with Crippen molar-refractivity contribution < 1.29 is 4.39 Å². The summed E-state index contributed by atoms with van der Waals surface area (Å²) in [6.45, 7) is 4.57. The summed E-state index contributed by atoms with van der Waals surface area (Å²) in [5.41, 5.74) is 2.25. The first-order valence-electron chi connectivity index (χ1n) is 6.46. The van der Waals surface area contributed by atoms with Crippen LogP contribution >= 0.6 is 0 Å². The highest BCUT2D eigenvalue weighted by molar-refractivity contribution is 5.31. The van der Waals surface area contributed by atoms with Gasteiger partial charge in [-0.1, -0.05) is 48.5 Å². The van der Waals surface area contributed by atoms with Crippen LogP contribution in [-0.2, 0) is 0 Å². The minimum absolute atomic E-state index is 0.0850. The van der Waals surface area contributed by atoms with E-state index in [1.54, 1.807) is 0 Å². The van der Waals surface area contributed by atoms with Gasteiger partial charge in [0.25, 0.3) is 0 Å². The predicted octanol–water partition coefficient (Wildman–Crippen LogP) is 4.08. The molecule has 2 aromatic rings. The van der Waals surface area contributed by atoms with Gasteiger partial charge in [-0.2, -0.15) is 0 Å². The van der Waals surface area contributed by atoms with Crippen LogP contribution in [0, 0.1) is 5.82 Å². The van der Waals surface area contributed by atoms with Crippen LogP contribution in [0.4, 0.5) is 4.39 Å². The second-order valence-corrected chi connectivity index (χ2v) is 4.43. The van der Waals surface area contributed by atoms with Crippen LogP contribution < -0.4 is 5.32 Å². The molecular weight excluding hydrogens is 237 g/mol. The van der Waals surface area contributed by atoms with Crippen LogP contribution in [-0.4, -0.2) is 6.54 Å². The molecule has 19 heavy (non-hydrogen) atoms. The average molecular weight is 255 g/mol. The van der Waals surface area contributed by atoms with E-state index in [1.165, 1.54) is 17.7 Å². The van der Waals surface area contributed by atoms with Gasteiger partial charge in [0.15, 0.2) is 0 Å². The van der Waals surface area contributed by atoms with E-state index in [-0.39, 0.29) is 11.9 Å². The van der Waals surface area contributed by atoms with Gasteiger partial charge in [0.1, 0.15) is 5.82 Å². The van der Waals surface area contributed by atoms with E-state index in [2.05, 4.69) is 24.0 Å². The zero-order chi connectivity index (χ0) is 13.5. The van der Waals surface area contributed by atoms with Crippen LogP contribution in [0.3, 0.4) is 0 Å². The highest BCUT2D eigenvalue weighted by Gasteiger charge is 2.12. The molecule has 1 atom stereocenters. The number of rotatable bonds is 6. The van der Waals surface area contributed by atoms with Crippen molar-refractivity contribution in [3.05, 3.63) is 84.2 Å². The first-order chi connectivity index (χ1) is 9.31. The lowest BCUT2D eigenvalue weighted by atomic mass is 9.98. The first-order valence-corrected chi connectivity index (χ1v) is 6.46. The Morgan fingerprint density at radius 1 is 1.00 bits per heavy atom. The molecule has 0 radical (unpaired) electrons. The Morgan fingerprint density at radius 2 is 1.63 bits per heavy atom. The molecule has 2 heteroatoms. The van der Waals surface area contributed by atoms with Crippen molar-refractivity contribution in [3.63, 3.8) is 0 Å². The molecule has 0 aliphatic carbocycles. The molecule has 0 amide bonds. The molecule has 0 heterocycles. The molecule has 0 fully saturated rings. The molecule has 0 aromatic heterocycles. The quantitative estimate of drug-likeness (QED) is 0.606. The summed E-state index contributed by atoms with van der Waals surface area (Å²) >= 11 is 0. The van der Waals surface area contributed by atoms with Crippen molar-refractivity contribution in [1.82, 2.24) is 5.32 Å². The van der Waals surface area contributed by atoms with Crippen molar-refractivity contribution in [3.8, 4) is 0 Å². The maximum Gasteiger partial charge on any atom is 0.123 e. The zero-order valence-corrected chi connectivity index (χ0v) is 10.9. The van der Waals surface area contributed by atoms with Crippen molar-refractivity contribution in [2.75, 3.05) is 6.54 Å². The minimum Gasteiger partial charge on any atom is -0.306 e. The third-order valence-electron chi connectivity index (χ3n) is 3.03. The summed E-state index contributed by atoms with van der Waals surface area (Å²) in [7, 11) is 0. The Labute approximate surface area is 113 Å². The summed E-state index contributed by atoms with van der Waals surface area (Å²) in [6.07, 6.45) is 2.80. The van der Waals surface area contributed by atoms with Gasteiger partial charge >= 0.3 is 0 Å². The van der Waals surface area contributed by atoms with E-state index < -0.39 is 0 Å². The molecular formula is C17H18FN. The van der Waals surface area contributed by atoms with Gasteiger partial charge in [0.05, 0.1) is 6.04 Å². The minimum atomic E-state index is -0.207. The Balaban J connectivity index is 2.23. The Hall–Kier alpha value is -1.93. The van der Waals surface area contributed by atoms with E-state index >= 15 is 0 Å². The highest BCUT2D eigenvalue weighted by atomic mass is 19.1. The smallest absolute Gasteiger partial charge is 0.123 e. The van der Waals surface area contributed by atoms with E-state index in [0.29, 0.717) is 0 Å². The van der Waals surface area contributed by atoms with Crippen LogP contribution in [0.2, 0.25) is 0 Å². The lowest BCUT2D eigenvalue weighted by Gasteiger charge is -2.19. The summed E-state index contributed by atoms with van der Waals surface area (Å²) < 4.78 is 13.0. The summed E-state index contributed by atoms with van der Waals surface area (Å²) in [5, 5.41) is 3.48. The Morgan fingerprint density at radius 3 is 2.26 bits per heavy atom. The molecule has 0 spiro atoms. The van der Waals surface area contributed by atoms with Gasteiger partial charge in [-0.25, -0.2) is 4.39 Å². The van der Waals surface area contributed by atoms with Crippen LogP contribution in [0.1, 0.15) is 23.6 Å². The van der Waals surface area contributed by atoms with Gasteiger partial charge in [-0.05, 0) is 36.2 Å². The molecule has 0 saturated heterocycles. The average Bonchev–Trinajstić information content (AvgIpc) is 2.46. The molecule has 2 aromatic carbocycles. The summed E-state index contributed by atoms with van der Waals surface area (Å²) in [5.74, 6) is -0.207. The molecule has 1 unspecified atom stereocenters. The van der Waals surface area contributed by atoms with Gasteiger partial charge in [0.2, 0.25) is 0 Å². The second-order valence-electron chi connectivity index (χ2n) is 4.43. The van der Waals surface area contributed by atoms with Gasteiger partial charge in [-0.3, -0.25) is 0 Å². The first kappa shape index (κ1) is 13.5. The van der Waals surface area contributed by atoms with Crippen molar-refractivity contribution in [2.24, 2.45) is 0 Å². The summed E-state index contributed by atoms with van der Waals surface area (Å²) in [6, 6.07) is 16.9. The normalized spacial score (nSPS) is 12.1. The number of halogens is 1. The largest absolute Gasteiger partial charge is 0.306 e. The van der Waals surface area contributed by atoms with Crippen molar-refractivity contribution in [1.29, 1.82) is 0 Å². The number of hydrogen-bond donors (Lipinski definition) is 1. The predicted molar refractivity (Wildman–Crippen MR) is 77.5 cm³/mol. The van der Waals surface area contributed by atoms with Crippen LogP contribution in [0.15, 0.2) is 67.3 Å². The lowest BCUT2D eigenvalue weighted by Crippen LogP contribution is -2.23. The molecule has 98 valence electrons. The molecule has 0 bridgehead atoms. The highest BCUT2D eigenvalue weighted by Crippen LogP contribution is 2.22. The number of nitrogens with one attached hydrogen (secondary N) is 1. The maximum atomic E-state index is 13.0. The van der Waals surface area contributed by atoms with Crippen molar-refractivity contribution in [2.45, 2.75) is 12.5 Å². The topological polar surface area (TPSA) is 12.0 Å². The lowest BCUT2D eigenvalue weighted by molar-refractivity contribution is 0.602. The molecule has 1 N–H and O–H groups in total. The third kappa shape index (κ3) is 3.76. The van der Waals surface area contributed by atoms with Crippen LogP contribution in [0.5, 0.6) is 0 Å². The molecule has 0 saturated carbocycles.